The molecule has 3 N–H and O–H groups in total. The summed E-state index contributed by atoms with van der Waals surface area (Å²) in [6.07, 6.45) is 7.37. The molecule has 3 aromatic rings. The van der Waals surface area contributed by atoms with Gasteiger partial charge in [-0.25, -0.2) is 9.97 Å². The summed E-state index contributed by atoms with van der Waals surface area (Å²) < 4.78 is 1.74. The van der Waals surface area contributed by atoms with E-state index < -0.39 is 0 Å². The van der Waals surface area contributed by atoms with Gasteiger partial charge in [0, 0.05) is 40.3 Å². The summed E-state index contributed by atoms with van der Waals surface area (Å²) in [5.74, 6) is 1.57. The van der Waals surface area contributed by atoms with Gasteiger partial charge in [-0.05, 0) is 37.1 Å². The molecule has 0 amide bonds. The fraction of sp³-hybridized carbons (Fsp3) is 0.478. The van der Waals surface area contributed by atoms with Gasteiger partial charge in [0.25, 0.3) is 0 Å². The van der Waals surface area contributed by atoms with E-state index in [4.69, 9.17) is 0 Å². The first-order valence-electron chi connectivity index (χ1n) is 11.3. The van der Waals surface area contributed by atoms with Gasteiger partial charge in [0.2, 0.25) is 0 Å². The average molecular weight is 436 g/mol. The number of hydrogen-bond acceptors (Lipinski definition) is 6. The maximum atomic E-state index is 4.32. The summed E-state index contributed by atoms with van der Waals surface area (Å²) in [6.45, 7) is 5.66. The maximum Gasteiger partial charge on any atom is 0.191 e. The van der Waals surface area contributed by atoms with Crippen LogP contribution in [0.2, 0.25) is 0 Å². The molecule has 4 rings (SSSR count). The lowest BCUT2D eigenvalue weighted by atomic mass is 10.1. The molecule has 1 aromatic carbocycles. The van der Waals surface area contributed by atoms with Gasteiger partial charge in [0.05, 0.1) is 11.6 Å². The highest BCUT2D eigenvalue weighted by Crippen LogP contribution is 2.17. The van der Waals surface area contributed by atoms with Crippen molar-refractivity contribution < 1.29 is 0 Å². The number of piperidine rings is 1. The number of aryl methyl sites for hydroxylation is 1. The number of nitrogens with one attached hydrogen (secondary N) is 3. The predicted molar refractivity (Wildman–Crippen MR) is 129 cm³/mol. The molecule has 2 aromatic heterocycles. The van der Waals surface area contributed by atoms with Crippen LogP contribution in [0.5, 0.6) is 0 Å². The molecule has 0 aliphatic carbocycles. The molecule has 0 radical (unpaired) electrons. The number of guanidine groups is 1. The van der Waals surface area contributed by atoms with Crippen molar-refractivity contribution in [3.8, 4) is 0 Å². The van der Waals surface area contributed by atoms with Crippen LogP contribution in [-0.4, -0.2) is 63.8 Å². The van der Waals surface area contributed by atoms with Crippen LogP contribution in [0, 0.1) is 0 Å². The van der Waals surface area contributed by atoms with Crippen molar-refractivity contribution in [1.82, 2.24) is 35.3 Å². The minimum absolute atomic E-state index is 0.701. The van der Waals surface area contributed by atoms with Crippen molar-refractivity contribution in [2.45, 2.75) is 32.4 Å². The number of likely N-dealkylation sites (tertiary alicyclic amines) is 1. The third-order valence-corrected chi connectivity index (χ3v) is 5.80. The van der Waals surface area contributed by atoms with E-state index in [0.717, 1.165) is 35.9 Å². The molecule has 9 nitrogen and oxygen atoms in total. The van der Waals surface area contributed by atoms with E-state index in [9.17, 15) is 0 Å². The van der Waals surface area contributed by atoms with E-state index in [-0.39, 0.29) is 0 Å². The number of anilines is 1. The fourth-order valence-corrected chi connectivity index (χ4v) is 4.01. The normalized spacial score (nSPS) is 15.1. The van der Waals surface area contributed by atoms with E-state index in [1.807, 2.05) is 7.05 Å². The monoisotopic (exact) mass is 435 g/mol. The Kier molecular flexibility index (Phi) is 7.50. The summed E-state index contributed by atoms with van der Waals surface area (Å²) in [5, 5.41) is 15.2. The fourth-order valence-electron chi connectivity index (χ4n) is 4.01. The first kappa shape index (κ1) is 22.0. The van der Waals surface area contributed by atoms with Crippen molar-refractivity contribution in [3.63, 3.8) is 0 Å². The minimum atomic E-state index is 0.701. The maximum absolute atomic E-state index is 4.32. The van der Waals surface area contributed by atoms with Gasteiger partial charge < -0.3 is 16.0 Å². The Morgan fingerprint density at radius 3 is 2.56 bits per heavy atom. The summed E-state index contributed by atoms with van der Waals surface area (Å²) in [5.41, 5.74) is 3.44. The summed E-state index contributed by atoms with van der Waals surface area (Å²) in [6, 6.07) is 8.89. The van der Waals surface area contributed by atoms with Crippen molar-refractivity contribution >= 4 is 22.8 Å². The highest BCUT2D eigenvalue weighted by Gasteiger charge is 2.10. The Morgan fingerprint density at radius 1 is 1.00 bits per heavy atom. The second kappa shape index (κ2) is 10.9. The molecule has 0 bridgehead atoms. The number of benzene rings is 1. The first-order valence-corrected chi connectivity index (χ1v) is 11.3. The Bertz CT molecular complexity index is 1020. The summed E-state index contributed by atoms with van der Waals surface area (Å²) >= 11 is 0. The Balaban J connectivity index is 1.19. The van der Waals surface area contributed by atoms with Crippen LogP contribution < -0.4 is 16.0 Å². The zero-order valence-corrected chi connectivity index (χ0v) is 19.0. The smallest absolute Gasteiger partial charge is 0.191 e. The van der Waals surface area contributed by atoms with Gasteiger partial charge in [-0.2, -0.15) is 5.10 Å². The molecular formula is C23H33N9. The topological polar surface area (TPSA) is 95.3 Å². The lowest BCUT2D eigenvalue weighted by molar-refractivity contribution is 0.221. The van der Waals surface area contributed by atoms with Gasteiger partial charge >= 0.3 is 0 Å². The van der Waals surface area contributed by atoms with E-state index in [1.54, 1.807) is 24.3 Å². The average Bonchev–Trinajstić information content (AvgIpc) is 3.22. The SMILES string of the molecule is CN=C(NCCNc1ncnc2c1cnn2C)NCc1ccc(CN2CCCCC2)cc1. The molecule has 0 spiro atoms. The molecule has 0 unspecified atom stereocenters. The van der Waals surface area contributed by atoms with Crippen LogP contribution in [0.3, 0.4) is 0 Å². The molecule has 3 heterocycles. The Hall–Kier alpha value is -3.20. The van der Waals surface area contributed by atoms with Crippen LogP contribution >= 0.6 is 0 Å². The molecule has 1 fully saturated rings. The largest absolute Gasteiger partial charge is 0.368 e. The molecule has 1 aliphatic rings. The van der Waals surface area contributed by atoms with Crippen LogP contribution in [0.1, 0.15) is 30.4 Å². The molecule has 0 atom stereocenters. The third-order valence-electron chi connectivity index (χ3n) is 5.80. The van der Waals surface area contributed by atoms with Crippen molar-refractivity contribution in [2.24, 2.45) is 12.0 Å². The van der Waals surface area contributed by atoms with Gasteiger partial charge in [-0.15, -0.1) is 0 Å². The van der Waals surface area contributed by atoms with E-state index in [2.05, 4.69) is 65.2 Å². The molecule has 0 saturated carbocycles. The predicted octanol–water partition coefficient (Wildman–Crippen LogP) is 2.13. The van der Waals surface area contributed by atoms with Crippen LogP contribution in [0.4, 0.5) is 5.82 Å². The number of aromatic nitrogens is 4. The minimum Gasteiger partial charge on any atom is -0.368 e. The van der Waals surface area contributed by atoms with Crippen LogP contribution in [-0.2, 0) is 20.1 Å². The molecule has 170 valence electrons. The van der Waals surface area contributed by atoms with Crippen LogP contribution in [0.15, 0.2) is 41.8 Å². The van der Waals surface area contributed by atoms with Crippen molar-refractivity contribution in [2.75, 3.05) is 38.5 Å². The molecular weight excluding hydrogens is 402 g/mol. The Labute approximate surface area is 189 Å². The lowest BCUT2D eigenvalue weighted by Gasteiger charge is -2.26. The Morgan fingerprint density at radius 2 is 1.78 bits per heavy atom. The number of nitrogens with zero attached hydrogens (tertiary/aromatic N) is 6. The summed E-state index contributed by atoms with van der Waals surface area (Å²) in [7, 11) is 3.66. The lowest BCUT2D eigenvalue weighted by Crippen LogP contribution is -2.39. The van der Waals surface area contributed by atoms with Gasteiger partial charge in [0.15, 0.2) is 11.6 Å². The van der Waals surface area contributed by atoms with Gasteiger partial charge in [-0.3, -0.25) is 14.6 Å². The van der Waals surface area contributed by atoms with E-state index in [1.165, 1.54) is 43.5 Å². The van der Waals surface area contributed by atoms with E-state index >= 15 is 0 Å². The van der Waals surface area contributed by atoms with Gasteiger partial charge in [0.1, 0.15) is 12.1 Å². The second-order valence-electron chi connectivity index (χ2n) is 8.16. The number of fused-ring (bicyclic) bond motifs is 1. The first-order chi connectivity index (χ1) is 15.7. The zero-order chi connectivity index (χ0) is 22.2. The quantitative estimate of drug-likeness (QED) is 0.283. The molecule has 9 heteroatoms. The molecule has 32 heavy (non-hydrogen) atoms. The number of hydrogen-bond donors (Lipinski definition) is 3. The molecule has 1 saturated heterocycles. The summed E-state index contributed by atoms with van der Waals surface area (Å²) in [4.78, 5) is 15.5. The zero-order valence-electron chi connectivity index (χ0n) is 19.0. The van der Waals surface area contributed by atoms with Gasteiger partial charge in [-0.1, -0.05) is 30.7 Å². The highest BCUT2D eigenvalue weighted by atomic mass is 15.3. The number of aliphatic imine (C=N–C) groups is 1. The third kappa shape index (κ3) is 5.73. The second-order valence-corrected chi connectivity index (χ2v) is 8.16. The van der Waals surface area contributed by atoms with Crippen molar-refractivity contribution in [3.05, 3.63) is 47.9 Å². The highest BCUT2D eigenvalue weighted by molar-refractivity contribution is 5.86. The van der Waals surface area contributed by atoms with Crippen LogP contribution in [0.25, 0.3) is 11.0 Å². The standard InChI is InChI=1S/C23H33N9/c1-24-23(26-11-10-25-21-20-15-30-31(2)22(20)29-17-28-21)27-14-18-6-8-19(9-7-18)16-32-12-4-3-5-13-32/h6-9,15,17H,3-5,10-14,16H2,1-2H3,(H2,24,26,27)(H,25,28,29). The van der Waals surface area contributed by atoms with E-state index in [0.29, 0.717) is 13.1 Å². The number of rotatable bonds is 8. The molecule has 1 aliphatic heterocycles. The van der Waals surface area contributed by atoms with Crippen molar-refractivity contribution in [1.29, 1.82) is 0 Å².